The highest BCUT2D eigenvalue weighted by molar-refractivity contribution is 6.17. The molecule has 0 amide bonds. The molecule has 4 heteroatoms. The number of benzene rings is 1. The van der Waals surface area contributed by atoms with Crippen molar-refractivity contribution in [2.24, 2.45) is 0 Å². The van der Waals surface area contributed by atoms with Gasteiger partial charge in [-0.05, 0) is 18.2 Å². The molecule has 0 saturated carbocycles. The number of hydrogen-bond acceptors (Lipinski definition) is 3. The summed E-state index contributed by atoms with van der Waals surface area (Å²) in [5, 5.41) is 1.11. The van der Waals surface area contributed by atoms with E-state index < -0.39 is 0 Å². The third kappa shape index (κ3) is 3.58. The van der Waals surface area contributed by atoms with Gasteiger partial charge in [-0.25, -0.2) is 0 Å². The van der Waals surface area contributed by atoms with Crippen LogP contribution in [0, 0.1) is 0 Å². The number of halogens is 1. The number of hydrogen-bond donors (Lipinski definition) is 0. The quantitative estimate of drug-likeness (QED) is 0.584. The summed E-state index contributed by atoms with van der Waals surface area (Å²) >= 11 is 5.49. The Morgan fingerprint density at radius 1 is 1.12 bits per heavy atom. The van der Waals surface area contributed by atoms with Gasteiger partial charge in [0.2, 0.25) is 0 Å². The smallest absolute Gasteiger partial charge is 0.121 e. The predicted molar refractivity (Wildman–Crippen MR) is 68.8 cm³/mol. The van der Waals surface area contributed by atoms with Crippen molar-refractivity contribution >= 4 is 22.5 Å². The van der Waals surface area contributed by atoms with Gasteiger partial charge in [0, 0.05) is 23.5 Å². The number of nitrogens with zero attached hydrogens (tertiary/aromatic N) is 1. The summed E-state index contributed by atoms with van der Waals surface area (Å²) in [4.78, 5) is 4.27. The molecule has 0 unspecified atom stereocenters. The third-order valence-electron chi connectivity index (χ3n) is 2.30. The van der Waals surface area contributed by atoms with Gasteiger partial charge < -0.3 is 9.47 Å². The molecule has 90 valence electrons. The summed E-state index contributed by atoms with van der Waals surface area (Å²) in [5.41, 5.74) is 0.937. The Hall–Kier alpha value is -1.32. The lowest BCUT2D eigenvalue weighted by atomic mass is 10.2. The number of pyridine rings is 1. The molecule has 2 aromatic rings. The lowest BCUT2D eigenvalue weighted by Gasteiger charge is -2.07. The van der Waals surface area contributed by atoms with Crippen LogP contribution in [0.1, 0.15) is 0 Å². The van der Waals surface area contributed by atoms with E-state index in [4.69, 9.17) is 21.1 Å². The molecule has 0 bridgehead atoms. The van der Waals surface area contributed by atoms with Gasteiger partial charge >= 0.3 is 0 Å². The molecule has 0 aliphatic heterocycles. The van der Waals surface area contributed by atoms with Crippen LogP contribution in [-0.4, -0.2) is 30.7 Å². The molecular formula is C13H14ClNO2. The topological polar surface area (TPSA) is 31.4 Å². The highest BCUT2D eigenvalue weighted by atomic mass is 35.5. The molecule has 1 heterocycles. The molecule has 0 fully saturated rings. The maximum atomic E-state index is 5.55. The SMILES string of the molecule is ClCCOCCOc1ccc2cccnc2c1. The first-order valence-electron chi connectivity index (χ1n) is 5.51. The van der Waals surface area contributed by atoms with Crippen molar-refractivity contribution < 1.29 is 9.47 Å². The third-order valence-corrected chi connectivity index (χ3v) is 2.45. The van der Waals surface area contributed by atoms with Crippen LogP contribution in [0.3, 0.4) is 0 Å². The summed E-state index contributed by atoms with van der Waals surface area (Å²) in [6.45, 7) is 1.63. The zero-order chi connectivity index (χ0) is 11.9. The Bertz CT molecular complexity index is 476. The Labute approximate surface area is 105 Å². The number of alkyl halides is 1. The summed E-state index contributed by atoms with van der Waals surface area (Å²) in [5.74, 6) is 1.32. The van der Waals surface area contributed by atoms with E-state index in [1.165, 1.54) is 0 Å². The lowest BCUT2D eigenvalue weighted by Crippen LogP contribution is -2.07. The summed E-state index contributed by atoms with van der Waals surface area (Å²) in [7, 11) is 0. The molecule has 0 saturated heterocycles. The van der Waals surface area contributed by atoms with Crippen molar-refractivity contribution in [2.75, 3.05) is 25.7 Å². The number of rotatable bonds is 6. The van der Waals surface area contributed by atoms with Crippen LogP contribution in [0.15, 0.2) is 36.5 Å². The normalized spacial score (nSPS) is 10.6. The second kappa shape index (κ2) is 6.42. The van der Waals surface area contributed by atoms with Gasteiger partial charge in [0.15, 0.2) is 0 Å². The van der Waals surface area contributed by atoms with Crippen LogP contribution in [0.25, 0.3) is 10.9 Å². The highest BCUT2D eigenvalue weighted by Gasteiger charge is 1.97. The number of aromatic nitrogens is 1. The average Bonchev–Trinajstić information content (AvgIpc) is 2.38. The summed E-state index contributed by atoms with van der Waals surface area (Å²) < 4.78 is 10.8. The Morgan fingerprint density at radius 2 is 2.06 bits per heavy atom. The molecule has 1 aromatic heterocycles. The van der Waals surface area contributed by atoms with Gasteiger partial charge in [-0.15, -0.1) is 11.6 Å². The molecule has 17 heavy (non-hydrogen) atoms. The molecule has 0 atom stereocenters. The zero-order valence-corrected chi connectivity index (χ0v) is 10.2. The fourth-order valence-corrected chi connectivity index (χ4v) is 1.62. The van der Waals surface area contributed by atoms with Crippen molar-refractivity contribution in [3.63, 3.8) is 0 Å². The monoisotopic (exact) mass is 251 g/mol. The van der Waals surface area contributed by atoms with Crippen LogP contribution in [0.4, 0.5) is 0 Å². The van der Waals surface area contributed by atoms with Crippen molar-refractivity contribution in [1.82, 2.24) is 4.98 Å². The Kier molecular flexibility index (Phi) is 4.59. The largest absolute Gasteiger partial charge is 0.491 e. The van der Waals surface area contributed by atoms with E-state index in [2.05, 4.69) is 4.98 Å². The first-order valence-corrected chi connectivity index (χ1v) is 6.05. The Morgan fingerprint density at radius 3 is 2.94 bits per heavy atom. The molecule has 0 N–H and O–H groups in total. The molecule has 0 radical (unpaired) electrons. The minimum atomic E-state index is 0.514. The molecule has 3 nitrogen and oxygen atoms in total. The van der Waals surface area contributed by atoms with Crippen molar-refractivity contribution in [3.05, 3.63) is 36.5 Å². The van der Waals surface area contributed by atoms with Crippen molar-refractivity contribution in [1.29, 1.82) is 0 Å². The van der Waals surface area contributed by atoms with E-state index in [1.807, 2.05) is 30.3 Å². The Balaban J connectivity index is 1.90. The zero-order valence-electron chi connectivity index (χ0n) is 9.43. The van der Waals surface area contributed by atoms with Gasteiger partial charge in [-0.2, -0.15) is 0 Å². The first kappa shape index (κ1) is 12.1. The molecule has 2 rings (SSSR count). The number of ether oxygens (including phenoxy) is 2. The van der Waals surface area contributed by atoms with Crippen LogP contribution in [-0.2, 0) is 4.74 Å². The molecule has 0 aliphatic carbocycles. The van der Waals surface area contributed by atoms with Crippen LogP contribution in [0.2, 0.25) is 0 Å². The van der Waals surface area contributed by atoms with Gasteiger partial charge in [0.05, 0.1) is 18.7 Å². The van der Waals surface area contributed by atoms with Crippen molar-refractivity contribution in [3.8, 4) is 5.75 Å². The average molecular weight is 252 g/mol. The maximum Gasteiger partial charge on any atom is 0.121 e. The van der Waals surface area contributed by atoms with E-state index in [0.717, 1.165) is 16.7 Å². The van der Waals surface area contributed by atoms with E-state index >= 15 is 0 Å². The first-order chi connectivity index (χ1) is 8.40. The van der Waals surface area contributed by atoms with Gasteiger partial charge in [-0.3, -0.25) is 4.98 Å². The molecular weight excluding hydrogens is 238 g/mol. The van der Waals surface area contributed by atoms with E-state index in [9.17, 15) is 0 Å². The standard InChI is InChI=1S/C13H14ClNO2/c14-5-7-16-8-9-17-12-4-3-11-2-1-6-15-13(11)10-12/h1-4,6,10H,5,7-9H2. The van der Waals surface area contributed by atoms with Gasteiger partial charge in [0.1, 0.15) is 12.4 Å². The second-order valence-corrected chi connectivity index (χ2v) is 3.89. The van der Waals surface area contributed by atoms with Crippen LogP contribution >= 0.6 is 11.6 Å². The minimum Gasteiger partial charge on any atom is -0.491 e. The van der Waals surface area contributed by atoms with Gasteiger partial charge in [0.25, 0.3) is 0 Å². The minimum absolute atomic E-state index is 0.514. The fourth-order valence-electron chi connectivity index (χ4n) is 1.51. The van der Waals surface area contributed by atoms with E-state index in [1.54, 1.807) is 6.20 Å². The van der Waals surface area contributed by atoms with Crippen LogP contribution in [0.5, 0.6) is 5.75 Å². The fraction of sp³-hybridized carbons (Fsp3) is 0.308. The lowest BCUT2D eigenvalue weighted by molar-refractivity contribution is 0.111. The van der Waals surface area contributed by atoms with E-state index in [0.29, 0.717) is 25.7 Å². The second-order valence-electron chi connectivity index (χ2n) is 3.51. The van der Waals surface area contributed by atoms with E-state index in [-0.39, 0.29) is 0 Å². The molecule has 1 aromatic carbocycles. The molecule has 0 spiro atoms. The summed E-state index contributed by atoms with van der Waals surface area (Å²) in [6.07, 6.45) is 1.77. The van der Waals surface area contributed by atoms with Crippen molar-refractivity contribution in [2.45, 2.75) is 0 Å². The predicted octanol–water partition coefficient (Wildman–Crippen LogP) is 2.87. The maximum absolute atomic E-state index is 5.55. The van der Waals surface area contributed by atoms with Crippen LogP contribution < -0.4 is 4.74 Å². The van der Waals surface area contributed by atoms with Gasteiger partial charge in [-0.1, -0.05) is 6.07 Å². The molecule has 0 aliphatic rings. The summed E-state index contributed by atoms with van der Waals surface area (Å²) in [6, 6.07) is 9.80. The number of fused-ring (bicyclic) bond motifs is 1. The highest BCUT2D eigenvalue weighted by Crippen LogP contribution is 2.18.